The Labute approximate surface area is 88.1 Å². The zero-order valence-corrected chi connectivity index (χ0v) is 9.45. The van der Waals surface area contributed by atoms with E-state index in [1.807, 2.05) is 0 Å². The van der Waals surface area contributed by atoms with E-state index in [2.05, 4.69) is 38.2 Å². The maximum atomic E-state index is 5.82. The molecule has 0 amide bonds. The largest absolute Gasteiger partial charge is 0.330 e. The predicted molar refractivity (Wildman–Crippen MR) is 63.0 cm³/mol. The van der Waals surface area contributed by atoms with Gasteiger partial charge in [0.15, 0.2) is 0 Å². The Bertz CT molecular complexity index is 205. The van der Waals surface area contributed by atoms with Crippen molar-refractivity contribution in [3.05, 3.63) is 24.3 Å². The van der Waals surface area contributed by atoms with Crippen molar-refractivity contribution in [1.82, 2.24) is 0 Å². The van der Waals surface area contributed by atoms with Crippen LogP contribution in [0.25, 0.3) is 0 Å². The number of hydrogen-bond acceptors (Lipinski definition) is 1. The number of hydrogen-bond donors (Lipinski definition) is 1. The highest BCUT2D eigenvalue weighted by Gasteiger charge is 2.22. The van der Waals surface area contributed by atoms with Crippen LogP contribution in [-0.2, 0) is 0 Å². The zero-order chi connectivity index (χ0) is 10.4. The number of rotatable bonds is 5. The van der Waals surface area contributed by atoms with Gasteiger partial charge in [-0.15, -0.1) is 0 Å². The molecule has 0 bridgehead atoms. The maximum absolute atomic E-state index is 5.82. The van der Waals surface area contributed by atoms with Crippen molar-refractivity contribution in [1.29, 1.82) is 0 Å². The average molecular weight is 193 g/mol. The summed E-state index contributed by atoms with van der Waals surface area (Å²) in [6.45, 7) is 5.43. The molecule has 14 heavy (non-hydrogen) atoms. The molecule has 0 spiro atoms. The summed E-state index contributed by atoms with van der Waals surface area (Å²) in [5, 5.41) is 0. The van der Waals surface area contributed by atoms with E-state index in [-0.39, 0.29) is 0 Å². The quantitative estimate of drug-likeness (QED) is 0.713. The Balaban J connectivity index is 2.48. The van der Waals surface area contributed by atoms with Crippen molar-refractivity contribution in [3.8, 4) is 0 Å². The second-order valence-corrected chi connectivity index (χ2v) is 4.36. The van der Waals surface area contributed by atoms with Crippen LogP contribution < -0.4 is 5.73 Å². The first kappa shape index (κ1) is 11.5. The van der Waals surface area contributed by atoms with Crippen LogP contribution in [0.4, 0.5) is 0 Å². The molecular weight excluding hydrogens is 170 g/mol. The molecule has 3 atom stereocenters. The van der Waals surface area contributed by atoms with E-state index in [0.717, 1.165) is 12.5 Å². The molecule has 0 aromatic heterocycles. The summed E-state index contributed by atoms with van der Waals surface area (Å²) >= 11 is 0. The van der Waals surface area contributed by atoms with Gasteiger partial charge in [-0.3, -0.25) is 0 Å². The van der Waals surface area contributed by atoms with Gasteiger partial charge in [-0.05, 0) is 37.1 Å². The maximum Gasteiger partial charge on any atom is -0.00461 e. The average Bonchev–Trinajstić information content (AvgIpc) is 2.26. The predicted octanol–water partition coefficient (Wildman–Crippen LogP) is 3.13. The van der Waals surface area contributed by atoms with Crippen molar-refractivity contribution in [2.75, 3.05) is 6.54 Å². The zero-order valence-electron chi connectivity index (χ0n) is 9.45. The lowest BCUT2D eigenvalue weighted by Gasteiger charge is -2.28. The van der Waals surface area contributed by atoms with Crippen LogP contribution in [0.3, 0.4) is 0 Å². The van der Waals surface area contributed by atoms with Gasteiger partial charge in [0.1, 0.15) is 0 Å². The van der Waals surface area contributed by atoms with E-state index in [4.69, 9.17) is 5.73 Å². The molecule has 0 saturated carbocycles. The third-order valence-corrected chi connectivity index (χ3v) is 3.39. The number of nitrogens with two attached hydrogens (primary N) is 1. The molecule has 0 aromatic carbocycles. The first-order chi connectivity index (χ1) is 6.79. The minimum absolute atomic E-state index is 0.696. The van der Waals surface area contributed by atoms with Gasteiger partial charge in [-0.25, -0.2) is 0 Å². The standard InChI is InChI=1S/C13H23N/c1-3-7-13(10-14)11(2)12-8-5-4-6-9-12/h4-6,8,11-13H,3,7,9-10,14H2,1-2H3. The summed E-state index contributed by atoms with van der Waals surface area (Å²) in [7, 11) is 0. The molecule has 0 fully saturated rings. The summed E-state index contributed by atoms with van der Waals surface area (Å²) in [4.78, 5) is 0. The van der Waals surface area contributed by atoms with Gasteiger partial charge in [-0.1, -0.05) is 44.6 Å². The molecule has 80 valence electrons. The molecule has 0 radical (unpaired) electrons. The lowest BCUT2D eigenvalue weighted by atomic mass is 9.78. The minimum Gasteiger partial charge on any atom is -0.330 e. The molecule has 0 aromatic rings. The third kappa shape index (κ3) is 2.98. The van der Waals surface area contributed by atoms with Gasteiger partial charge in [0.05, 0.1) is 0 Å². The van der Waals surface area contributed by atoms with Crippen LogP contribution in [-0.4, -0.2) is 6.54 Å². The molecule has 0 heterocycles. The Kier molecular flexibility index (Phi) is 4.95. The summed E-state index contributed by atoms with van der Waals surface area (Å²) in [6, 6.07) is 0. The smallest absolute Gasteiger partial charge is 0.00461 e. The van der Waals surface area contributed by atoms with Crippen LogP contribution >= 0.6 is 0 Å². The second kappa shape index (κ2) is 6.02. The molecular formula is C13H23N. The lowest BCUT2D eigenvalue weighted by Crippen LogP contribution is -2.26. The molecule has 1 aliphatic rings. The topological polar surface area (TPSA) is 26.0 Å². The molecule has 1 nitrogen and oxygen atoms in total. The van der Waals surface area contributed by atoms with E-state index in [0.29, 0.717) is 11.8 Å². The van der Waals surface area contributed by atoms with Crippen LogP contribution in [0.1, 0.15) is 33.1 Å². The Morgan fingerprint density at radius 2 is 2.21 bits per heavy atom. The van der Waals surface area contributed by atoms with E-state index < -0.39 is 0 Å². The van der Waals surface area contributed by atoms with Crippen LogP contribution in [0.15, 0.2) is 24.3 Å². The summed E-state index contributed by atoms with van der Waals surface area (Å²) in [5.74, 6) is 2.13. The highest BCUT2D eigenvalue weighted by molar-refractivity contribution is 5.11. The molecule has 2 N–H and O–H groups in total. The van der Waals surface area contributed by atoms with Gasteiger partial charge in [0.25, 0.3) is 0 Å². The number of allylic oxidation sites excluding steroid dienone is 4. The van der Waals surface area contributed by atoms with E-state index in [1.165, 1.54) is 19.3 Å². The van der Waals surface area contributed by atoms with Crippen molar-refractivity contribution >= 4 is 0 Å². The molecule has 0 saturated heterocycles. The molecule has 1 aliphatic carbocycles. The van der Waals surface area contributed by atoms with Crippen molar-refractivity contribution in [2.45, 2.75) is 33.1 Å². The van der Waals surface area contributed by atoms with E-state index in [1.54, 1.807) is 0 Å². The normalized spacial score (nSPS) is 24.9. The molecule has 1 rings (SSSR count). The molecule has 3 unspecified atom stereocenters. The fourth-order valence-electron chi connectivity index (χ4n) is 2.31. The van der Waals surface area contributed by atoms with Crippen LogP contribution in [0.5, 0.6) is 0 Å². The first-order valence-corrected chi connectivity index (χ1v) is 5.83. The molecule has 1 heteroatoms. The van der Waals surface area contributed by atoms with E-state index in [9.17, 15) is 0 Å². The SMILES string of the molecule is CCCC(CN)C(C)C1C=CC=CC1. The summed E-state index contributed by atoms with van der Waals surface area (Å²) < 4.78 is 0. The lowest BCUT2D eigenvalue weighted by molar-refractivity contribution is 0.273. The van der Waals surface area contributed by atoms with Gasteiger partial charge in [0.2, 0.25) is 0 Å². The van der Waals surface area contributed by atoms with Gasteiger partial charge < -0.3 is 5.73 Å². The second-order valence-electron chi connectivity index (χ2n) is 4.36. The van der Waals surface area contributed by atoms with Crippen molar-refractivity contribution in [2.24, 2.45) is 23.5 Å². The van der Waals surface area contributed by atoms with Gasteiger partial charge >= 0.3 is 0 Å². The summed E-state index contributed by atoms with van der Waals surface area (Å²) in [5.41, 5.74) is 5.82. The highest BCUT2D eigenvalue weighted by atomic mass is 14.6. The Hall–Kier alpha value is -0.560. The fraction of sp³-hybridized carbons (Fsp3) is 0.692. The van der Waals surface area contributed by atoms with Crippen LogP contribution in [0, 0.1) is 17.8 Å². The summed E-state index contributed by atoms with van der Waals surface area (Å²) in [6.07, 6.45) is 12.6. The highest BCUT2D eigenvalue weighted by Crippen LogP contribution is 2.29. The molecule has 0 aliphatic heterocycles. The van der Waals surface area contributed by atoms with Gasteiger partial charge in [-0.2, -0.15) is 0 Å². The Morgan fingerprint density at radius 1 is 1.43 bits per heavy atom. The van der Waals surface area contributed by atoms with E-state index >= 15 is 0 Å². The fourth-order valence-corrected chi connectivity index (χ4v) is 2.31. The monoisotopic (exact) mass is 193 g/mol. The third-order valence-electron chi connectivity index (χ3n) is 3.39. The van der Waals surface area contributed by atoms with Crippen molar-refractivity contribution < 1.29 is 0 Å². The minimum atomic E-state index is 0.696. The first-order valence-electron chi connectivity index (χ1n) is 5.83. The van der Waals surface area contributed by atoms with Crippen LogP contribution in [0.2, 0.25) is 0 Å². The van der Waals surface area contributed by atoms with Crippen molar-refractivity contribution in [3.63, 3.8) is 0 Å². The Morgan fingerprint density at radius 3 is 2.71 bits per heavy atom. The van der Waals surface area contributed by atoms with Gasteiger partial charge in [0, 0.05) is 0 Å².